The number of rotatable bonds is 9. The molecule has 0 fully saturated rings. The summed E-state index contributed by atoms with van der Waals surface area (Å²) in [6.07, 6.45) is 1.94. The van der Waals surface area contributed by atoms with Crippen LogP contribution in [-0.4, -0.2) is 16.2 Å². The van der Waals surface area contributed by atoms with Crippen molar-refractivity contribution in [3.05, 3.63) is 216 Å². The molecule has 0 N–H and O–H groups in total. The van der Waals surface area contributed by atoms with Crippen molar-refractivity contribution in [3.8, 4) is 17.3 Å². The van der Waals surface area contributed by atoms with Gasteiger partial charge in [0, 0.05) is 51.3 Å². The molecule has 0 saturated heterocycles. The fourth-order valence-electron chi connectivity index (χ4n) is 9.31. The number of nitrogens with zero attached hydrogens (tertiary/aromatic N) is 4. The van der Waals surface area contributed by atoms with E-state index in [1.807, 2.05) is 12.3 Å². The van der Waals surface area contributed by atoms with Crippen LogP contribution < -0.4 is 14.5 Å². The number of hydrogen-bond donors (Lipinski definition) is 0. The highest BCUT2D eigenvalue weighted by Crippen LogP contribution is 2.47. The van der Waals surface area contributed by atoms with Gasteiger partial charge in [-0.15, -0.1) is 0 Å². The maximum atomic E-state index is 6.78. The van der Waals surface area contributed by atoms with Gasteiger partial charge in [-0.2, -0.15) is 0 Å². The van der Waals surface area contributed by atoms with Crippen molar-refractivity contribution >= 4 is 44.6 Å². The Morgan fingerprint density at radius 1 is 0.429 bits per heavy atom. The number of benzene rings is 7. The first-order chi connectivity index (χ1) is 30.4. The number of aromatic nitrogens is 2. The van der Waals surface area contributed by atoms with Crippen molar-refractivity contribution in [2.24, 2.45) is 0 Å². The predicted molar refractivity (Wildman–Crippen MR) is 263 cm³/mol. The maximum Gasteiger partial charge on any atom is 0.137 e. The molecule has 63 heavy (non-hydrogen) atoms. The van der Waals surface area contributed by atoms with Crippen molar-refractivity contribution in [1.29, 1.82) is 0 Å². The average molecular weight is 823 g/mol. The summed E-state index contributed by atoms with van der Waals surface area (Å²) < 4.78 is 9.05. The maximum absolute atomic E-state index is 6.78. The lowest BCUT2D eigenvalue weighted by molar-refractivity contribution is 0.483. The van der Waals surface area contributed by atoms with Gasteiger partial charge in [0.25, 0.3) is 0 Å². The standard InChI is InChI=1S/C58H54N4O/c1-56(2,3)43-27-32-52-54(35-43)60(45-28-25-42(26-29-45)57(4,5)40-17-10-8-11-18-40)39-61(52)46-21-16-22-47(37-46)63-48-30-31-50-49-23-14-15-24-51(49)62(53(50)38-48)55-36-44(33-34-59-55)58(6,7)41-19-12-9-13-20-41/h8-38H,39H2,1-7H3. The van der Waals surface area contributed by atoms with Gasteiger partial charge < -0.3 is 14.5 Å². The molecule has 0 saturated carbocycles. The summed E-state index contributed by atoms with van der Waals surface area (Å²) in [6.45, 7) is 16.7. The van der Waals surface area contributed by atoms with E-state index in [-0.39, 0.29) is 16.2 Å². The van der Waals surface area contributed by atoms with E-state index in [9.17, 15) is 0 Å². The van der Waals surface area contributed by atoms with Crippen LogP contribution in [0.1, 0.15) is 76.3 Å². The molecule has 1 aliphatic rings. The number of para-hydroxylation sites is 1. The second-order valence-electron chi connectivity index (χ2n) is 19.0. The van der Waals surface area contributed by atoms with Gasteiger partial charge in [0.2, 0.25) is 0 Å². The van der Waals surface area contributed by atoms with Crippen LogP contribution in [0.2, 0.25) is 0 Å². The minimum atomic E-state index is -0.205. The topological polar surface area (TPSA) is 33.5 Å². The minimum absolute atomic E-state index is 0.00979. The van der Waals surface area contributed by atoms with Crippen molar-refractivity contribution in [1.82, 2.24) is 9.55 Å². The van der Waals surface area contributed by atoms with Gasteiger partial charge in [0.05, 0.1) is 22.4 Å². The Hall–Kier alpha value is -7.11. The van der Waals surface area contributed by atoms with E-state index in [1.165, 1.54) is 44.6 Å². The Morgan fingerprint density at radius 2 is 1.03 bits per heavy atom. The van der Waals surface area contributed by atoms with Gasteiger partial charge >= 0.3 is 0 Å². The third kappa shape index (κ3) is 7.21. The summed E-state index contributed by atoms with van der Waals surface area (Å²) >= 11 is 0. The van der Waals surface area contributed by atoms with Gasteiger partial charge in [-0.25, -0.2) is 4.98 Å². The van der Waals surface area contributed by atoms with Crippen LogP contribution in [0.3, 0.4) is 0 Å². The molecule has 0 unspecified atom stereocenters. The molecule has 0 bridgehead atoms. The second kappa shape index (κ2) is 15.4. The summed E-state index contributed by atoms with van der Waals surface area (Å²) in [5.74, 6) is 2.42. The summed E-state index contributed by atoms with van der Waals surface area (Å²) in [5, 5.41) is 2.33. The normalized spacial score (nSPS) is 13.2. The molecule has 5 heteroatoms. The highest BCUT2D eigenvalue weighted by Gasteiger charge is 2.31. The lowest BCUT2D eigenvalue weighted by atomic mass is 9.78. The zero-order valence-electron chi connectivity index (χ0n) is 37.3. The van der Waals surface area contributed by atoms with Crippen LogP contribution >= 0.6 is 0 Å². The smallest absolute Gasteiger partial charge is 0.137 e. The Kier molecular flexibility index (Phi) is 9.75. The molecule has 5 nitrogen and oxygen atoms in total. The van der Waals surface area contributed by atoms with Gasteiger partial charge in [-0.05, 0) is 100.0 Å². The molecule has 0 atom stereocenters. The molecule has 7 aromatic carbocycles. The van der Waals surface area contributed by atoms with Crippen LogP contribution in [-0.2, 0) is 16.2 Å². The minimum Gasteiger partial charge on any atom is -0.457 e. The molecular weight excluding hydrogens is 769 g/mol. The number of anilines is 4. The SMILES string of the molecule is CC(C)(C)c1ccc2c(c1)N(c1ccc(C(C)(C)c3ccccc3)cc1)CN2c1cccc(Oc2ccc3c4ccccc4n(-c4cc(C(C)(C)c5ccccc5)ccn4)c3c2)c1. The van der Waals surface area contributed by atoms with Crippen LogP contribution in [0, 0.1) is 0 Å². The monoisotopic (exact) mass is 822 g/mol. The van der Waals surface area contributed by atoms with Crippen molar-refractivity contribution in [2.45, 2.75) is 64.7 Å². The number of pyridine rings is 1. The molecule has 0 radical (unpaired) electrons. The highest BCUT2D eigenvalue weighted by atomic mass is 16.5. The number of ether oxygens (including phenoxy) is 1. The van der Waals surface area contributed by atoms with E-state index in [1.54, 1.807) is 0 Å². The molecule has 312 valence electrons. The van der Waals surface area contributed by atoms with Crippen molar-refractivity contribution < 1.29 is 4.74 Å². The number of hydrogen-bond acceptors (Lipinski definition) is 4. The van der Waals surface area contributed by atoms with Crippen LogP contribution in [0.25, 0.3) is 27.6 Å². The molecule has 2 aromatic heterocycles. The molecule has 1 aliphatic heterocycles. The first kappa shape index (κ1) is 40.0. The van der Waals surface area contributed by atoms with E-state index in [4.69, 9.17) is 9.72 Å². The second-order valence-corrected chi connectivity index (χ2v) is 19.0. The zero-order valence-corrected chi connectivity index (χ0v) is 37.3. The van der Waals surface area contributed by atoms with E-state index >= 15 is 0 Å². The Balaban J connectivity index is 0.985. The largest absolute Gasteiger partial charge is 0.457 e. The van der Waals surface area contributed by atoms with Crippen LogP contribution in [0.5, 0.6) is 11.5 Å². The van der Waals surface area contributed by atoms with Crippen LogP contribution in [0.15, 0.2) is 188 Å². The lowest BCUT2D eigenvalue weighted by Gasteiger charge is -2.28. The first-order valence-electron chi connectivity index (χ1n) is 22.1. The van der Waals surface area contributed by atoms with E-state index < -0.39 is 0 Å². The molecule has 0 amide bonds. The van der Waals surface area contributed by atoms with Gasteiger partial charge in [0.1, 0.15) is 24.0 Å². The molecule has 10 rings (SSSR count). The van der Waals surface area contributed by atoms with Gasteiger partial charge in [0.15, 0.2) is 0 Å². The van der Waals surface area contributed by atoms with Crippen molar-refractivity contribution in [2.75, 3.05) is 16.5 Å². The van der Waals surface area contributed by atoms with Crippen LogP contribution in [0.4, 0.5) is 22.7 Å². The van der Waals surface area contributed by atoms with E-state index in [0.29, 0.717) is 6.67 Å². The summed E-state index contributed by atoms with van der Waals surface area (Å²) in [7, 11) is 0. The van der Waals surface area contributed by atoms with E-state index in [2.05, 4.69) is 239 Å². The Bertz CT molecular complexity index is 3100. The average Bonchev–Trinajstić information content (AvgIpc) is 3.85. The van der Waals surface area contributed by atoms with Gasteiger partial charge in [-0.1, -0.05) is 152 Å². The highest BCUT2D eigenvalue weighted by molar-refractivity contribution is 6.09. The molecule has 3 heterocycles. The molecule has 0 spiro atoms. The lowest BCUT2D eigenvalue weighted by Crippen LogP contribution is -2.24. The summed E-state index contributed by atoms with van der Waals surface area (Å²) in [5.41, 5.74) is 12.8. The molecule has 9 aromatic rings. The van der Waals surface area contributed by atoms with E-state index in [0.717, 1.165) is 45.1 Å². The zero-order chi connectivity index (χ0) is 43.5. The predicted octanol–water partition coefficient (Wildman–Crippen LogP) is 15.2. The molecule has 0 aliphatic carbocycles. The van der Waals surface area contributed by atoms with Gasteiger partial charge in [-0.3, -0.25) is 4.57 Å². The number of fused-ring (bicyclic) bond motifs is 4. The third-order valence-electron chi connectivity index (χ3n) is 13.3. The molecular formula is C58H54N4O. The summed E-state index contributed by atoms with van der Waals surface area (Å²) in [6, 6.07) is 65.4. The quantitative estimate of drug-likeness (QED) is 0.145. The van der Waals surface area contributed by atoms with Crippen molar-refractivity contribution in [3.63, 3.8) is 0 Å². The fourth-order valence-corrected chi connectivity index (χ4v) is 9.31. The third-order valence-corrected chi connectivity index (χ3v) is 13.3. The Labute approximate surface area is 371 Å². The first-order valence-corrected chi connectivity index (χ1v) is 22.1. The Morgan fingerprint density at radius 3 is 1.75 bits per heavy atom. The fraction of sp³-hybridized carbons (Fsp3) is 0.190. The summed E-state index contributed by atoms with van der Waals surface area (Å²) in [4.78, 5) is 9.80.